The van der Waals surface area contributed by atoms with E-state index in [9.17, 15) is 9.59 Å². The summed E-state index contributed by atoms with van der Waals surface area (Å²) in [6.45, 7) is 0. The van der Waals surface area contributed by atoms with E-state index in [1.807, 2.05) is 0 Å². The minimum Gasteiger partial charge on any atom is -0.496 e. The predicted octanol–water partition coefficient (Wildman–Crippen LogP) is 3.29. The van der Waals surface area contributed by atoms with Gasteiger partial charge in [-0.25, -0.2) is 4.79 Å². The second kappa shape index (κ2) is 6.52. The molecule has 1 N–H and O–H groups in total. The van der Waals surface area contributed by atoms with Crippen LogP contribution in [-0.4, -0.2) is 24.0 Å². The molecule has 0 atom stereocenters. The topological polar surface area (TPSA) is 63.6 Å². The molecule has 4 nitrogen and oxygen atoms in total. The van der Waals surface area contributed by atoms with Gasteiger partial charge in [-0.2, -0.15) is 0 Å². The summed E-state index contributed by atoms with van der Waals surface area (Å²) in [5, 5.41) is 9.09. The van der Waals surface area contributed by atoms with E-state index in [4.69, 9.17) is 9.84 Å². The maximum absolute atomic E-state index is 12.2. The fourth-order valence-electron chi connectivity index (χ4n) is 1.94. The van der Waals surface area contributed by atoms with Gasteiger partial charge >= 0.3 is 5.97 Å². The average Bonchev–Trinajstić information content (AvgIpc) is 2.52. The second-order valence-corrected chi connectivity index (χ2v) is 4.29. The molecular weight excluding hydrogens is 268 g/mol. The zero-order chi connectivity index (χ0) is 15.2. The molecule has 0 unspecified atom stereocenters. The van der Waals surface area contributed by atoms with Crippen LogP contribution in [0.5, 0.6) is 5.75 Å². The third-order valence-corrected chi connectivity index (χ3v) is 2.98. The highest BCUT2D eigenvalue weighted by atomic mass is 16.5. The van der Waals surface area contributed by atoms with Crippen LogP contribution in [0.1, 0.15) is 26.3 Å². The highest BCUT2D eigenvalue weighted by Gasteiger charge is 2.10. The Labute approximate surface area is 122 Å². The minimum absolute atomic E-state index is 0.154. The van der Waals surface area contributed by atoms with E-state index in [0.717, 1.165) is 0 Å². The SMILES string of the molecule is COc1ccccc1C(=O)/C=C/c1ccccc1C(=O)O. The third-order valence-electron chi connectivity index (χ3n) is 2.98. The lowest BCUT2D eigenvalue weighted by atomic mass is 10.0. The van der Waals surface area contributed by atoms with Gasteiger partial charge in [0.05, 0.1) is 18.2 Å². The van der Waals surface area contributed by atoms with Crippen LogP contribution in [0, 0.1) is 0 Å². The normalized spacial score (nSPS) is 10.5. The van der Waals surface area contributed by atoms with Crippen molar-refractivity contribution >= 4 is 17.8 Å². The number of aromatic carboxylic acids is 1. The Bertz CT molecular complexity index is 701. The maximum atomic E-state index is 12.2. The summed E-state index contributed by atoms with van der Waals surface area (Å²) in [5.74, 6) is -0.786. The van der Waals surface area contributed by atoms with Gasteiger partial charge in [0.15, 0.2) is 5.78 Å². The average molecular weight is 282 g/mol. The van der Waals surface area contributed by atoms with Gasteiger partial charge in [0.25, 0.3) is 0 Å². The molecule has 0 fully saturated rings. The van der Waals surface area contributed by atoms with E-state index >= 15 is 0 Å². The Hall–Kier alpha value is -2.88. The lowest BCUT2D eigenvalue weighted by molar-refractivity contribution is 0.0696. The first-order valence-corrected chi connectivity index (χ1v) is 6.31. The van der Waals surface area contributed by atoms with Gasteiger partial charge in [0.1, 0.15) is 5.75 Å². The molecule has 2 aromatic carbocycles. The minimum atomic E-state index is -1.03. The van der Waals surface area contributed by atoms with Crippen molar-refractivity contribution in [3.8, 4) is 5.75 Å². The number of ketones is 1. The van der Waals surface area contributed by atoms with Crippen LogP contribution < -0.4 is 4.74 Å². The standard InChI is InChI=1S/C17H14O4/c1-21-16-9-5-4-8-14(16)15(18)11-10-12-6-2-3-7-13(12)17(19)20/h2-11H,1H3,(H,19,20)/b11-10+. The lowest BCUT2D eigenvalue weighted by Gasteiger charge is -2.04. The Kier molecular flexibility index (Phi) is 4.51. The summed E-state index contributed by atoms with van der Waals surface area (Å²) in [6, 6.07) is 13.4. The zero-order valence-electron chi connectivity index (χ0n) is 11.4. The van der Waals surface area contributed by atoms with Gasteiger partial charge in [-0.3, -0.25) is 4.79 Å². The van der Waals surface area contributed by atoms with Crippen molar-refractivity contribution in [2.75, 3.05) is 7.11 Å². The lowest BCUT2D eigenvalue weighted by Crippen LogP contribution is -2.00. The number of benzene rings is 2. The molecule has 2 rings (SSSR count). The van der Waals surface area contributed by atoms with Crippen molar-refractivity contribution in [2.45, 2.75) is 0 Å². The van der Waals surface area contributed by atoms with E-state index in [2.05, 4.69) is 0 Å². The molecule has 0 saturated carbocycles. The first-order chi connectivity index (χ1) is 10.1. The van der Waals surface area contributed by atoms with Crippen LogP contribution in [0.15, 0.2) is 54.6 Å². The molecule has 0 spiro atoms. The van der Waals surface area contributed by atoms with Crippen molar-refractivity contribution in [1.29, 1.82) is 0 Å². The predicted molar refractivity (Wildman–Crippen MR) is 79.8 cm³/mol. The summed E-state index contributed by atoms with van der Waals surface area (Å²) in [6.07, 6.45) is 2.85. The fourth-order valence-corrected chi connectivity index (χ4v) is 1.94. The molecule has 0 heterocycles. The quantitative estimate of drug-likeness (QED) is 0.675. The third kappa shape index (κ3) is 3.36. The first kappa shape index (κ1) is 14.5. The Morgan fingerprint density at radius 3 is 2.29 bits per heavy atom. The van der Waals surface area contributed by atoms with Crippen molar-refractivity contribution in [2.24, 2.45) is 0 Å². The van der Waals surface area contributed by atoms with Gasteiger partial charge in [0.2, 0.25) is 0 Å². The number of allylic oxidation sites excluding steroid dienone is 1. The van der Waals surface area contributed by atoms with Crippen LogP contribution in [-0.2, 0) is 0 Å². The number of ether oxygens (including phenoxy) is 1. The molecule has 0 aliphatic heterocycles. The van der Waals surface area contributed by atoms with E-state index in [1.54, 1.807) is 42.5 Å². The summed E-state index contributed by atoms with van der Waals surface area (Å²) in [4.78, 5) is 23.3. The molecule has 0 aliphatic rings. The number of rotatable bonds is 5. The summed E-state index contributed by atoms with van der Waals surface area (Å²) in [5.41, 5.74) is 1.07. The van der Waals surface area contributed by atoms with Crippen LogP contribution in [0.25, 0.3) is 6.08 Å². The van der Waals surface area contributed by atoms with E-state index in [0.29, 0.717) is 16.9 Å². The van der Waals surface area contributed by atoms with Crippen molar-refractivity contribution < 1.29 is 19.4 Å². The zero-order valence-corrected chi connectivity index (χ0v) is 11.4. The van der Waals surface area contributed by atoms with E-state index in [1.165, 1.54) is 25.3 Å². The first-order valence-electron chi connectivity index (χ1n) is 6.31. The molecule has 21 heavy (non-hydrogen) atoms. The Balaban J connectivity index is 2.30. The number of carboxylic acids is 1. The smallest absolute Gasteiger partial charge is 0.336 e. The monoisotopic (exact) mass is 282 g/mol. The molecule has 0 aromatic heterocycles. The number of carbonyl (C=O) groups is 2. The molecular formula is C17H14O4. The number of carbonyl (C=O) groups excluding carboxylic acids is 1. The molecule has 0 aliphatic carbocycles. The molecule has 0 saturated heterocycles. The van der Waals surface area contributed by atoms with E-state index in [-0.39, 0.29) is 11.3 Å². The van der Waals surface area contributed by atoms with Crippen molar-refractivity contribution in [1.82, 2.24) is 0 Å². The van der Waals surface area contributed by atoms with E-state index < -0.39 is 5.97 Å². The van der Waals surface area contributed by atoms with Gasteiger partial charge < -0.3 is 9.84 Å². The Morgan fingerprint density at radius 1 is 1.00 bits per heavy atom. The highest BCUT2D eigenvalue weighted by molar-refractivity contribution is 6.09. The fraction of sp³-hybridized carbons (Fsp3) is 0.0588. The highest BCUT2D eigenvalue weighted by Crippen LogP contribution is 2.19. The number of methoxy groups -OCH3 is 1. The molecule has 106 valence electrons. The number of hydrogen-bond acceptors (Lipinski definition) is 3. The summed E-state index contributed by atoms with van der Waals surface area (Å²) >= 11 is 0. The van der Waals surface area contributed by atoms with Crippen LogP contribution in [0.4, 0.5) is 0 Å². The maximum Gasteiger partial charge on any atom is 0.336 e. The van der Waals surface area contributed by atoms with Gasteiger partial charge in [-0.1, -0.05) is 36.4 Å². The number of para-hydroxylation sites is 1. The largest absolute Gasteiger partial charge is 0.496 e. The molecule has 0 radical (unpaired) electrons. The van der Waals surface area contributed by atoms with Crippen LogP contribution in [0.3, 0.4) is 0 Å². The number of hydrogen-bond donors (Lipinski definition) is 1. The van der Waals surface area contributed by atoms with Crippen LogP contribution >= 0.6 is 0 Å². The molecule has 0 amide bonds. The summed E-state index contributed by atoms with van der Waals surface area (Å²) < 4.78 is 5.13. The second-order valence-electron chi connectivity index (χ2n) is 4.29. The van der Waals surface area contributed by atoms with Gasteiger partial charge in [-0.05, 0) is 29.8 Å². The van der Waals surface area contributed by atoms with Crippen molar-refractivity contribution in [3.63, 3.8) is 0 Å². The molecule has 2 aromatic rings. The molecule has 0 bridgehead atoms. The van der Waals surface area contributed by atoms with Gasteiger partial charge in [-0.15, -0.1) is 0 Å². The van der Waals surface area contributed by atoms with Crippen LogP contribution in [0.2, 0.25) is 0 Å². The molecule has 4 heteroatoms. The summed E-state index contributed by atoms with van der Waals surface area (Å²) in [7, 11) is 1.50. The van der Waals surface area contributed by atoms with Gasteiger partial charge in [0, 0.05) is 0 Å². The number of carboxylic acid groups (broad SMARTS) is 1. The Morgan fingerprint density at radius 2 is 1.62 bits per heavy atom. The van der Waals surface area contributed by atoms with Crippen molar-refractivity contribution in [3.05, 3.63) is 71.3 Å².